The first-order valence-corrected chi connectivity index (χ1v) is 10.9. The van der Waals surface area contributed by atoms with Crippen LogP contribution < -0.4 is 20.7 Å². The van der Waals surface area contributed by atoms with E-state index in [4.69, 9.17) is 10.5 Å². The number of benzene rings is 2. The van der Waals surface area contributed by atoms with Crippen molar-refractivity contribution < 1.29 is 23.1 Å². The van der Waals surface area contributed by atoms with Gasteiger partial charge in [0.15, 0.2) is 23.1 Å². The van der Waals surface area contributed by atoms with E-state index in [1.807, 2.05) is 0 Å². The highest BCUT2D eigenvalue weighted by atomic mass is 19.2. The number of ether oxygens (including phenoxy) is 1. The molecule has 0 radical (unpaired) electrons. The Balaban J connectivity index is 1.41. The second kappa shape index (κ2) is 8.75. The molecule has 1 fully saturated rings. The highest BCUT2D eigenvalue weighted by Gasteiger charge is 2.39. The molecule has 0 spiro atoms. The number of carbonyl (C=O) groups is 2. The molecule has 2 amide bonds. The number of nitrogens with zero attached hydrogens (tertiary/aromatic N) is 4. The predicted molar refractivity (Wildman–Crippen MR) is 125 cm³/mol. The highest BCUT2D eigenvalue weighted by molar-refractivity contribution is 6.00. The molecule has 1 saturated heterocycles. The van der Waals surface area contributed by atoms with Crippen molar-refractivity contribution in [3.05, 3.63) is 72.4 Å². The Morgan fingerprint density at radius 2 is 1.83 bits per heavy atom. The first-order valence-electron chi connectivity index (χ1n) is 10.9. The molecule has 0 aliphatic carbocycles. The molecule has 35 heavy (non-hydrogen) atoms. The average molecular weight is 480 g/mol. The van der Waals surface area contributed by atoms with Crippen LogP contribution in [0.1, 0.15) is 10.5 Å². The van der Waals surface area contributed by atoms with Crippen LogP contribution in [0.3, 0.4) is 0 Å². The van der Waals surface area contributed by atoms with Gasteiger partial charge < -0.3 is 25.6 Å². The van der Waals surface area contributed by atoms with E-state index in [1.165, 1.54) is 16.8 Å². The Kier molecular flexibility index (Phi) is 5.59. The number of fused-ring (bicyclic) bond motifs is 1. The zero-order valence-electron chi connectivity index (χ0n) is 18.6. The van der Waals surface area contributed by atoms with Crippen LogP contribution in [-0.2, 0) is 4.79 Å². The first kappa shape index (κ1) is 22.4. The van der Waals surface area contributed by atoms with Crippen molar-refractivity contribution in [3.8, 4) is 17.2 Å². The van der Waals surface area contributed by atoms with Gasteiger partial charge in [0.25, 0.3) is 5.91 Å². The van der Waals surface area contributed by atoms with E-state index in [9.17, 15) is 18.4 Å². The lowest BCUT2D eigenvalue weighted by Gasteiger charge is -2.46. The van der Waals surface area contributed by atoms with Crippen LogP contribution in [0.25, 0.3) is 5.69 Å². The minimum atomic E-state index is -1.01. The van der Waals surface area contributed by atoms with Crippen LogP contribution in [-0.4, -0.2) is 58.7 Å². The number of amides is 2. The standard InChI is InChI=1S/C24H22F2N6O3/c1-2-20(33)30-12-15(13-30)31-10-9-28-21-22(23(27)34)32(29-24(21)31)14-3-5-16(6-4-14)35-17-7-8-18(25)19(26)11-17/h2-8,11,15,28H,1,9-10,12-13H2,(H2,27,34). The number of anilines is 2. The number of primary amides is 1. The lowest BCUT2D eigenvalue weighted by molar-refractivity contribution is -0.130. The fourth-order valence-corrected chi connectivity index (χ4v) is 4.24. The van der Waals surface area contributed by atoms with Crippen molar-refractivity contribution in [1.82, 2.24) is 14.7 Å². The molecule has 0 unspecified atom stereocenters. The van der Waals surface area contributed by atoms with Gasteiger partial charge in [-0.3, -0.25) is 9.59 Å². The van der Waals surface area contributed by atoms with Gasteiger partial charge in [0.05, 0.1) is 11.7 Å². The van der Waals surface area contributed by atoms with E-state index in [0.29, 0.717) is 49.1 Å². The van der Waals surface area contributed by atoms with E-state index in [0.717, 1.165) is 12.1 Å². The smallest absolute Gasteiger partial charge is 0.269 e. The summed E-state index contributed by atoms with van der Waals surface area (Å²) in [7, 11) is 0. The van der Waals surface area contributed by atoms with Gasteiger partial charge in [0, 0.05) is 32.2 Å². The van der Waals surface area contributed by atoms with Crippen molar-refractivity contribution in [2.24, 2.45) is 5.73 Å². The third-order valence-corrected chi connectivity index (χ3v) is 6.02. The molecular formula is C24H22F2N6O3. The SMILES string of the molecule is C=CC(=O)N1CC(N2CCNc3c2nn(-c2ccc(Oc4ccc(F)c(F)c4)cc2)c3C(N)=O)C1. The summed E-state index contributed by atoms with van der Waals surface area (Å²) in [5.41, 5.74) is 7.02. The zero-order valence-corrected chi connectivity index (χ0v) is 18.6. The van der Waals surface area contributed by atoms with E-state index in [-0.39, 0.29) is 23.4 Å². The average Bonchev–Trinajstić information content (AvgIpc) is 3.21. The highest BCUT2D eigenvalue weighted by Crippen LogP contribution is 2.36. The monoisotopic (exact) mass is 480 g/mol. The van der Waals surface area contributed by atoms with Crippen molar-refractivity contribution in [2.75, 3.05) is 36.4 Å². The number of hydrogen-bond donors (Lipinski definition) is 2. The molecule has 3 aromatic rings. The lowest BCUT2D eigenvalue weighted by atomic mass is 10.1. The van der Waals surface area contributed by atoms with Crippen LogP contribution in [0.2, 0.25) is 0 Å². The van der Waals surface area contributed by atoms with Gasteiger partial charge in [-0.25, -0.2) is 13.5 Å². The van der Waals surface area contributed by atoms with Gasteiger partial charge in [-0.05, 0) is 42.5 Å². The van der Waals surface area contributed by atoms with Gasteiger partial charge in [-0.15, -0.1) is 5.10 Å². The number of hydrogen-bond acceptors (Lipinski definition) is 6. The Morgan fingerprint density at radius 3 is 2.49 bits per heavy atom. The van der Waals surface area contributed by atoms with Crippen molar-refractivity contribution in [3.63, 3.8) is 0 Å². The van der Waals surface area contributed by atoms with Crippen LogP contribution in [0, 0.1) is 11.6 Å². The Labute approximate surface area is 199 Å². The van der Waals surface area contributed by atoms with E-state index in [2.05, 4.69) is 21.9 Å². The zero-order chi connectivity index (χ0) is 24.7. The van der Waals surface area contributed by atoms with Crippen molar-refractivity contribution in [2.45, 2.75) is 6.04 Å². The van der Waals surface area contributed by atoms with Crippen LogP contribution in [0.5, 0.6) is 11.5 Å². The third kappa shape index (κ3) is 4.05. The molecule has 2 aliphatic rings. The van der Waals surface area contributed by atoms with E-state index < -0.39 is 17.5 Å². The summed E-state index contributed by atoms with van der Waals surface area (Å²) in [5.74, 6) is -1.61. The molecule has 0 atom stereocenters. The first-order chi connectivity index (χ1) is 16.9. The third-order valence-electron chi connectivity index (χ3n) is 6.02. The lowest BCUT2D eigenvalue weighted by Crippen LogP contribution is -2.62. The molecule has 0 bridgehead atoms. The van der Waals surface area contributed by atoms with Gasteiger partial charge in [-0.1, -0.05) is 6.58 Å². The summed E-state index contributed by atoms with van der Waals surface area (Å²) in [6.07, 6.45) is 1.29. The maximum absolute atomic E-state index is 13.5. The predicted octanol–water partition coefficient (Wildman–Crippen LogP) is 2.67. The van der Waals surface area contributed by atoms with Crippen molar-refractivity contribution >= 4 is 23.3 Å². The second-order valence-corrected chi connectivity index (χ2v) is 8.22. The Morgan fingerprint density at radius 1 is 1.11 bits per heavy atom. The van der Waals surface area contributed by atoms with Crippen LogP contribution in [0.15, 0.2) is 55.1 Å². The fourth-order valence-electron chi connectivity index (χ4n) is 4.24. The maximum atomic E-state index is 13.5. The topological polar surface area (TPSA) is 106 Å². The number of nitrogens with one attached hydrogen (secondary N) is 1. The molecule has 9 nitrogen and oxygen atoms in total. The van der Waals surface area contributed by atoms with E-state index in [1.54, 1.807) is 29.2 Å². The minimum Gasteiger partial charge on any atom is -0.457 e. The molecule has 2 aromatic carbocycles. The Bertz CT molecular complexity index is 1320. The summed E-state index contributed by atoms with van der Waals surface area (Å²) in [4.78, 5) is 28.0. The summed E-state index contributed by atoms with van der Waals surface area (Å²) >= 11 is 0. The molecule has 11 heteroatoms. The summed E-state index contributed by atoms with van der Waals surface area (Å²) < 4.78 is 33.6. The van der Waals surface area contributed by atoms with Gasteiger partial charge in [0.1, 0.15) is 17.2 Å². The normalized spacial score (nSPS) is 15.1. The number of rotatable bonds is 6. The summed E-state index contributed by atoms with van der Waals surface area (Å²) in [6, 6.07) is 9.94. The molecule has 3 heterocycles. The van der Waals surface area contributed by atoms with Crippen molar-refractivity contribution in [1.29, 1.82) is 0 Å². The van der Waals surface area contributed by atoms with Gasteiger partial charge in [0.2, 0.25) is 5.91 Å². The molecule has 180 valence electrons. The van der Waals surface area contributed by atoms with E-state index >= 15 is 0 Å². The molecule has 0 saturated carbocycles. The number of nitrogens with two attached hydrogens (primary N) is 1. The number of likely N-dealkylation sites (tertiary alicyclic amines) is 1. The molecule has 2 aliphatic heterocycles. The quantitative estimate of drug-likeness (QED) is 0.526. The van der Waals surface area contributed by atoms with Crippen LogP contribution in [0.4, 0.5) is 20.3 Å². The summed E-state index contributed by atoms with van der Waals surface area (Å²) in [5, 5.41) is 7.90. The second-order valence-electron chi connectivity index (χ2n) is 8.22. The molecular weight excluding hydrogens is 458 g/mol. The minimum absolute atomic E-state index is 0.0655. The maximum Gasteiger partial charge on any atom is 0.269 e. The molecule has 5 rings (SSSR count). The van der Waals surface area contributed by atoms with Gasteiger partial charge in [-0.2, -0.15) is 0 Å². The Hall–Kier alpha value is -4.41. The number of halogens is 2. The number of aromatic nitrogens is 2. The fraction of sp³-hybridized carbons (Fsp3) is 0.208. The van der Waals surface area contributed by atoms with Gasteiger partial charge >= 0.3 is 0 Å². The summed E-state index contributed by atoms with van der Waals surface area (Å²) in [6.45, 7) is 5.85. The van der Waals surface area contributed by atoms with Crippen LogP contribution >= 0.6 is 0 Å². The molecule has 3 N–H and O–H groups in total. The molecule has 1 aromatic heterocycles. The number of carbonyl (C=O) groups excluding carboxylic acids is 2. The largest absolute Gasteiger partial charge is 0.457 e.